The van der Waals surface area contributed by atoms with Crippen molar-refractivity contribution in [3.63, 3.8) is 0 Å². The average Bonchev–Trinajstić information content (AvgIpc) is 3.35. The van der Waals surface area contributed by atoms with Gasteiger partial charge in [0.25, 0.3) is 0 Å². The minimum Gasteiger partial charge on any atom is -0.351 e. The number of rotatable bonds is 8. The lowest BCUT2D eigenvalue weighted by Crippen LogP contribution is -2.24. The summed E-state index contributed by atoms with van der Waals surface area (Å²) >= 11 is 7.26. The molecule has 0 aliphatic heterocycles. The number of hydrogen-bond acceptors (Lipinski definition) is 4. The quantitative estimate of drug-likeness (QED) is 0.577. The first-order valence-electron chi connectivity index (χ1n) is 7.85. The molecule has 1 amide bonds. The molecular formula is C17H19ClN4OS. The van der Waals surface area contributed by atoms with Gasteiger partial charge in [0.05, 0.1) is 5.75 Å². The molecule has 1 aliphatic rings. The Hall–Kier alpha value is -1.79. The van der Waals surface area contributed by atoms with Crippen LogP contribution in [-0.2, 0) is 17.9 Å². The second-order valence-corrected chi connectivity index (χ2v) is 7.09. The zero-order valence-corrected chi connectivity index (χ0v) is 14.8. The smallest absolute Gasteiger partial charge is 0.230 e. The second kappa shape index (κ2) is 7.85. The highest BCUT2D eigenvalue weighted by molar-refractivity contribution is 7.99. The number of nitrogens with one attached hydrogen (secondary N) is 1. The maximum atomic E-state index is 12.0. The SMILES string of the molecule is C=CCn1c(SCC(=O)NCc2ccc(Cl)cc2)nnc1C1CC1. The van der Waals surface area contributed by atoms with Crippen molar-refractivity contribution < 1.29 is 4.79 Å². The molecule has 1 aromatic carbocycles. The van der Waals surface area contributed by atoms with E-state index in [1.54, 1.807) is 0 Å². The van der Waals surface area contributed by atoms with Crippen LogP contribution in [0.15, 0.2) is 42.1 Å². The van der Waals surface area contributed by atoms with Crippen molar-refractivity contribution in [3.05, 3.63) is 53.3 Å². The molecule has 1 N–H and O–H groups in total. The van der Waals surface area contributed by atoms with E-state index in [2.05, 4.69) is 26.7 Å². The summed E-state index contributed by atoms with van der Waals surface area (Å²) in [6.45, 7) is 4.95. The van der Waals surface area contributed by atoms with Gasteiger partial charge in [-0.15, -0.1) is 16.8 Å². The van der Waals surface area contributed by atoms with Crippen molar-refractivity contribution in [1.82, 2.24) is 20.1 Å². The van der Waals surface area contributed by atoms with Crippen molar-refractivity contribution in [2.24, 2.45) is 0 Å². The predicted octanol–water partition coefficient (Wildman–Crippen LogP) is 3.40. The van der Waals surface area contributed by atoms with E-state index < -0.39 is 0 Å². The number of benzene rings is 1. The Bertz CT molecular complexity index is 725. The highest BCUT2D eigenvalue weighted by Crippen LogP contribution is 2.40. The zero-order valence-electron chi connectivity index (χ0n) is 13.2. The fourth-order valence-corrected chi connectivity index (χ4v) is 3.25. The largest absolute Gasteiger partial charge is 0.351 e. The Morgan fingerprint density at radius 1 is 1.38 bits per heavy atom. The Balaban J connectivity index is 1.52. The van der Waals surface area contributed by atoms with Gasteiger partial charge in [-0.1, -0.05) is 41.6 Å². The number of halogens is 1. The van der Waals surface area contributed by atoms with Gasteiger partial charge in [-0.25, -0.2) is 0 Å². The van der Waals surface area contributed by atoms with Crippen LogP contribution in [0.4, 0.5) is 0 Å². The number of amides is 1. The predicted molar refractivity (Wildman–Crippen MR) is 96.2 cm³/mol. The summed E-state index contributed by atoms with van der Waals surface area (Å²) in [5.41, 5.74) is 1.02. The van der Waals surface area contributed by atoms with Gasteiger partial charge in [0.15, 0.2) is 5.16 Å². The average molecular weight is 363 g/mol. The third-order valence-corrected chi connectivity index (χ3v) is 4.95. The highest BCUT2D eigenvalue weighted by Gasteiger charge is 2.30. The van der Waals surface area contributed by atoms with Crippen molar-refractivity contribution >= 4 is 29.3 Å². The van der Waals surface area contributed by atoms with Crippen molar-refractivity contribution in [1.29, 1.82) is 0 Å². The molecule has 0 spiro atoms. The van der Waals surface area contributed by atoms with Crippen LogP contribution < -0.4 is 5.32 Å². The number of carbonyl (C=O) groups excluding carboxylic acids is 1. The van der Waals surface area contributed by atoms with E-state index in [4.69, 9.17) is 11.6 Å². The van der Waals surface area contributed by atoms with Crippen LogP contribution in [0.1, 0.15) is 30.1 Å². The number of allylic oxidation sites excluding steroid dienone is 1. The molecule has 24 heavy (non-hydrogen) atoms. The van der Waals surface area contributed by atoms with Crippen LogP contribution in [0.2, 0.25) is 5.02 Å². The van der Waals surface area contributed by atoms with Crippen LogP contribution in [0.5, 0.6) is 0 Å². The highest BCUT2D eigenvalue weighted by atomic mass is 35.5. The first-order valence-corrected chi connectivity index (χ1v) is 9.21. The Labute approximate surface area is 150 Å². The second-order valence-electron chi connectivity index (χ2n) is 5.71. The molecule has 2 aromatic rings. The minimum atomic E-state index is -0.0314. The van der Waals surface area contributed by atoms with Gasteiger partial charge in [0.2, 0.25) is 5.91 Å². The molecule has 0 radical (unpaired) electrons. The van der Waals surface area contributed by atoms with Gasteiger partial charge in [0.1, 0.15) is 5.82 Å². The lowest BCUT2D eigenvalue weighted by Gasteiger charge is -2.07. The molecule has 126 valence electrons. The summed E-state index contributed by atoms with van der Waals surface area (Å²) < 4.78 is 2.06. The van der Waals surface area contributed by atoms with Crippen LogP contribution in [0, 0.1) is 0 Å². The Morgan fingerprint density at radius 3 is 2.79 bits per heavy atom. The molecular weight excluding hydrogens is 344 g/mol. The molecule has 1 aliphatic carbocycles. The van der Waals surface area contributed by atoms with Crippen molar-refractivity contribution in [3.8, 4) is 0 Å². The van der Waals surface area contributed by atoms with E-state index in [0.717, 1.165) is 16.5 Å². The van der Waals surface area contributed by atoms with E-state index in [-0.39, 0.29) is 5.91 Å². The number of carbonyl (C=O) groups is 1. The minimum absolute atomic E-state index is 0.0314. The maximum absolute atomic E-state index is 12.0. The Kier molecular flexibility index (Phi) is 5.58. The van der Waals surface area contributed by atoms with Gasteiger partial charge < -0.3 is 9.88 Å². The van der Waals surface area contributed by atoms with E-state index in [1.807, 2.05) is 30.3 Å². The monoisotopic (exact) mass is 362 g/mol. The van der Waals surface area contributed by atoms with E-state index in [9.17, 15) is 4.79 Å². The maximum Gasteiger partial charge on any atom is 0.230 e. The van der Waals surface area contributed by atoms with E-state index >= 15 is 0 Å². The molecule has 5 nitrogen and oxygen atoms in total. The molecule has 0 unspecified atom stereocenters. The van der Waals surface area contributed by atoms with Crippen LogP contribution in [0.3, 0.4) is 0 Å². The summed E-state index contributed by atoms with van der Waals surface area (Å²) in [6, 6.07) is 7.43. The van der Waals surface area contributed by atoms with Gasteiger partial charge in [-0.2, -0.15) is 0 Å². The lowest BCUT2D eigenvalue weighted by atomic mass is 10.2. The number of aromatic nitrogens is 3. The third-order valence-electron chi connectivity index (χ3n) is 3.73. The lowest BCUT2D eigenvalue weighted by molar-refractivity contribution is -0.118. The first-order chi connectivity index (χ1) is 11.7. The molecule has 7 heteroatoms. The van der Waals surface area contributed by atoms with E-state index in [0.29, 0.717) is 29.8 Å². The Morgan fingerprint density at radius 2 is 2.12 bits per heavy atom. The zero-order chi connectivity index (χ0) is 16.9. The molecule has 1 heterocycles. The standard InChI is InChI=1S/C17H19ClN4OS/c1-2-9-22-16(13-5-6-13)20-21-17(22)24-11-15(23)19-10-12-3-7-14(18)8-4-12/h2-4,7-8,13H,1,5-6,9-11H2,(H,19,23). The number of hydrogen-bond donors (Lipinski definition) is 1. The van der Waals surface area contributed by atoms with Gasteiger partial charge in [-0.3, -0.25) is 4.79 Å². The molecule has 0 atom stereocenters. The van der Waals surface area contributed by atoms with Gasteiger partial charge >= 0.3 is 0 Å². The molecule has 1 fully saturated rings. The third kappa shape index (κ3) is 4.39. The normalized spacial score (nSPS) is 13.7. The van der Waals surface area contributed by atoms with Gasteiger partial charge in [-0.05, 0) is 30.5 Å². The summed E-state index contributed by atoms with van der Waals surface area (Å²) in [5, 5.41) is 12.9. The topological polar surface area (TPSA) is 59.8 Å². The summed E-state index contributed by atoms with van der Waals surface area (Å²) in [4.78, 5) is 12.0. The van der Waals surface area contributed by atoms with Crippen LogP contribution in [-0.4, -0.2) is 26.4 Å². The summed E-state index contributed by atoms with van der Waals surface area (Å²) in [6.07, 6.45) is 4.17. The molecule has 0 saturated heterocycles. The van der Waals surface area contributed by atoms with Gasteiger partial charge in [0, 0.05) is 24.0 Å². The molecule has 3 rings (SSSR count). The van der Waals surface area contributed by atoms with Crippen LogP contribution >= 0.6 is 23.4 Å². The molecule has 0 bridgehead atoms. The van der Waals surface area contributed by atoms with Crippen molar-refractivity contribution in [2.45, 2.75) is 37.0 Å². The fraction of sp³-hybridized carbons (Fsp3) is 0.353. The van der Waals surface area contributed by atoms with E-state index in [1.165, 1.54) is 24.6 Å². The number of nitrogens with zero attached hydrogens (tertiary/aromatic N) is 3. The summed E-state index contributed by atoms with van der Waals surface area (Å²) in [7, 11) is 0. The summed E-state index contributed by atoms with van der Waals surface area (Å²) in [5.74, 6) is 1.81. The molecule has 1 aromatic heterocycles. The van der Waals surface area contributed by atoms with Crippen molar-refractivity contribution in [2.75, 3.05) is 5.75 Å². The van der Waals surface area contributed by atoms with Crippen LogP contribution in [0.25, 0.3) is 0 Å². The number of thioether (sulfide) groups is 1. The fourth-order valence-electron chi connectivity index (χ4n) is 2.34. The molecule has 1 saturated carbocycles. The first kappa shape index (κ1) is 17.0.